The number of hydrogen-bond acceptors (Lipinski definition) is 8. The van der Waals surface area contributed by atoms with Gasteiger partial charge in [-0.25, -0.2) is 0 Å². The fraction of sp³-hybridized carbons (Fsp3) is 0.611. The first kappa shape index (κ1) is 20.4. The van der Waals surface area contributed by atoms with Crippen molar-refractivity contribution in [3.63, 3.8) is 0 Å². The first-order valence-corrected chi connectivity index (χ1v) is 10.2. The quantitative estimate of drug-likeness (QED) is 0.631. The Morgan fingerprint density at radius 1 is 1.39 bits per heavy atom. The predicted octanol–water partition coefficient (Wildman–Crippen LogP) is 1.78. The molecule has 1 atom stereocenters. The minimum absolute atomic E-state index is 0.102. The number of ether oxygens (including phenoxy) is 1. The van der Waals surface area contributed by atoms with Crippen LogP contribution in [-0.2, 0) is 27.4 Å². The van der Waals surface area contributed by atoms with Crippen molar-refractivity contribution in [2.75, 3.05) is 24.6 Å². The smallest absolute Gasteiger partial charge is 0.229 e. The Bertz CT molecular complexity index is 814. The van der Waals surface area contributed by atoms with E-state index in [1.54, 1.807) is 4.90 Å². The molecule has 0 spiro atoms. The van der Waals surface area contributed by atoms with Crippen LogP contribution < -0.4 is 10.2 Å². The molecule has 2 amide bonds. The van der Waals surface area contributed by atoms with Gasteiger partial charge in [-0.3, -0.25) is 14.5 Å². The highest BCUT2D eigenvalue weighted by Gasteiger charge is 2.36. The SMILES string of the molecule is CCOCc1nnc(N2CC(C(=O)NCCCc3c(C)noc3C)CC2=O)s1. The molecule has 0 radical (unpaired) electrons. The Morgan fingerprint density at radius 2 is 2.21 bits per heavy atom. The number of carbonyl (C=O) groups is 2. The monoisotopic (exact) mass is 407 g/mol. The highest BCUT2D eigenvalue weighted by molar-refractivity contribution is 7.15. The van der Waals surface area contributed by atoms with Gasteiger partial charge in [-0.05, 0) is 33.6 Å². The number of aryl methyl sites for hydroxylation is 2. The highest BCUT2D eigenvalue weighted by Crippen LogP contribution is 2.28. The normalized spacial score (nSPS) is 16.8. The van der Waals surface area contributed by atoms with Crippen molar-refractivity contribution in [1.29, 1.82) is 0 Å². The number of rotatable bonds is 9. The summed E-state index contributed by atoms with van der Waals surface area (Å²) in [7, 11) is 0. The molecule has 3 heterocycles. The van der Waals surface area contributed by atoms with Crippen molar-refractivity contribution in [3.05, 3.63) is 22.0 Å². The minimum atomic E-state index is -0.370. The predicted molar refractivity (Wildman–Crippen MR) is 103 cm³/mol. The minimum Gasteiger partial charge on any atom is -0.374 e. The van der Waals surface area contributed by atoms with Gasteiger partial charge in [0.25, 0.3) is 0 Å². The molecule has 0 bridgehead atoms. The third kappa shape index (κ3) is 4.74. The van der Waals surface area contributed by atoms with Crippen LogP contribution in [0.2, 0.25) is 0 Å². The van der Waals surface area contributed by atoms with Crippen molar-refractivity contribution in [3.8, 4) is 0 Å². The standard InChI is InChI=1S/C18H25N5O4S/c1-4-26-10-15-20-21-18(28-15)23-9-13(8-16(23)24)17(25)19-7-5-6-14-11(2)22-27-12(14)3/h13H,4-10H2,1-3H3,(H,19,25). The summed E-state index contributed by atoms with van der Waals surface area (Å²) in [6, 6.07) is 0. The molecule has 0 aliphatic carbocycles. The van der Waals surface area contributed by atoms with Crippen LogP contribution in [0.15, 0.2) is 4.52 Å². The van der Waals surface area contributed by atoms with E-state index in [1.165, 1.54) is 11.3 Å². The number of hydrogen-bond donors (Lipinski definition) is 1. The summed E-state index contributed by atoms with van der Waals surface area (Å²) < 4.78 is 10.5. The third-order valence-corrected chi connectivity index (χ3v) is 5.62. The molecule has 2 aromatic rings. The molecule has 152 valence electrons. The second-order valence-electron chi connectivity index (χ2n) is 6.72. The van der Waals surface area contributed by atoms with Crippen LogP contribution in [0.3, 0.4) is 0 Å². The summed E-state index contributed by atoms with van der Waals surface area (Å²) in [5, 5.41) is 16.2. The molecule has 1 saturated heterocycles. The molecule has 1 N–H and O–H groups in total. The molecule has 3 rings (SSSR count). The van der Waals surface area contributed by atoms with E-state index < -0.39 is 0 Å². The summed E-state index contributed by atoms with van der Waals surface area (Å²) in [5.41, 5.74) is 1.98. The van der Waals surface area contributed by atoms with E-state index in [-0.39, 0.29) is 24.2 Å². The van der Waals surface area contributed by atoms with Crippen molar-refractivity contribution in [2.45, 2.75) is 46.6 Å². The van der Waals surface area contributed by atoms with Crippen LogP contribution in [0, 0.1) is 19.8 Å². The van der Waals surface area contributed by atoms with Gasteiger partial charge in [0.1, 0.15) is 17.4 Å². The summed E-state index contributed by atoms with van der Waals surface area (Å²) in [6.45, 7) is 7.56. The lowest BCUT2D eigenvalue weighted by molar-refractivity contribution is -0.126. The summed E-state index contributed by atoms with van der Waals surface area (Å²) in [6.07, 6.45) is 1.77. The number of nitrogens with one attached hydrogen (secondary N) is 1. The highest BCUT2D eigenvalue weighted by atomic mass is 32.1. The van der Waals surface area contributed by atoms with Crippen molar-refractivity contribution in [1.82, 2.24) is 20.7 Å². The number of carbonyl (C=O) groups excluding carboxylic acids is 2. The molecule has 1 fully saturated rings. The second kappa shape index (κ2) is 9.24. The average Bonchev–Trinajstić information content (AvgIpc) is 3.37. The van der Waals surface area contributed by atoms with E-state index in [2.05, 4.69) is 20.7 Å². The van der Waals surface area contributed by atoms with Gasteiger partial charge < -0.3 is 14.6 Å². The zero-order valence-corrected chi connectivity index (χ0v) is 17.2. The van der Waals surface area contributed by atoms with Gasteiger partial charge in [0.05, 0.1) is 11.6 Å². The Morgan fingerprint density at radius 3 is 2.93 bits per heavy atom. The Hall–Kier alpha value is -2.33. The first-order chi connectivity index (χ1) is 13.5. The molecule has 9 nitrogen and oxygen atoms in total. The number of anilines is 1. The molecule has 28 heavy (non-hydrogen) atoms. The maximum atomic E-state index is 12.4. The van der Waals surface area contributed by atoms with Crippen LogP contribution in [0.25, 0.3) is 0 Å². The molecular formula is C18H25N5O4S. The average molecular weight is 407 g/mol. The summed E-state index contributed by atoms with van der Waals surface area (Å²) in [4.78, 5) is 26.3. The van der Waals surface area contributed by atoms with Crippen molar-refractivity contribution in [2.24, 2.45) is 5.92 Å². The topological polar surface area (TPSA) is 110 Å². The molecule has 0 aromatic carbocycles. The Labute approximate surface area is 167 Å². The van der Waals surface area contributed by atoms with Crippen LogP contribution in [-0.4, -0.2) is 46.9 Å². The molecular weight excluding hydrogens is 382 g/mol. The fourth-order valence-electron chi connectivity index (χ4n) is 3.15. The summed E-state index contributed by atoms with van der Waals surface area (Å²) >= 11 is 1.32. The molecule has 0 saturated carbocycles. The van der Waals surface area contributed by atoms with Crippen LogP contribution in [0.4, 0.5) is 5.13 Å². The van der Waals surface area contributed by atoms with Gasteiger partial charge in [-0.1, -0.05) is 16.5 Å². The van der Waals surface area contributed by atoms with Gasteiger partial charge in [-0.2, -0.15) is 0 Å². The maximum Gasteiger partial charge on any atom is 0.229 e. The lowest BCUT2D eigenvalue weighted by Crippen LogP contribution is -2.33. The zero-order chi connectivity index (χ0) is 20.1. The van der Waals surface area contributed by atoms with E-state index in [1.807, 2.05) is 20.8 Å². The van der Waals surface area contributed by atoms with Gasteiger partial charge in [0, 0.05) is 31.7 Å². The van der Waals surface area contributed by atoms with E-state index in [0.717, 1.165) is 34.9 Å². The van der Waals surface area contributed by atoms with E-state index in [4.69, 9.17) is 9.26 Å². The van der Waals surface area contributed by atoms with Gasteiger partial charge in [-0.15, -0.1) is 10.2 Å². The van der Waals surface area contributed by atoms with Crippen LogP contribution >= 0.6 is 11.3 Å². The fourth-order valence-corrected chi connectivity index (χ4v) is 3.95. The Balaban J connectivity index is 1.46. The number of amides is 2. The molecule has 2 aromatic heterocycles. The van der Waals surface area contributed by atoms with E-state index in [0.29, 0.717) is 31.4 Å². The zero-order valence-electron chi connectivity index (χ0n) is 16.4. The van der Waals surface area contributed by atoms with Gasteiger partial charge in [0.15, 0.2) is 0 Å². The van der Waals surface area contributed by atoms with Crippen molar-refractivity contribution >= 4 is 28.3 Å². The third-order valence-electron chi connectivity index (χ3n) is 4.70. The van der Waals surface area contributed by atoms with Gasteiger partial charge in [0.2, 0.25) is 16.9 Å². The van der Waals surface area contributed by atoms with Crippen LogP contribution in [0.1, 0.15) is 41.8 Å². The second-order valence-corrected chi connectivity index (χ2v) is 7.76. The summed E-state index contributed by atoms with van der Waals surface area (Å²) in [5.74, 6) is 0.246. The molecule has 1 aliphatic rings. The van der Waals surface area contributed by atoms with Crippen LogP contribution in [0.5, 0.6) is 0 Å². The van der Waals surface area contributed by atoms with E-state index >= 15 is 0 Å². The lowest BCUT2D eigenvalue weighted by Gasteiger charge is -2.12. The lowest BCUT2D eigenvalue weighted by atomic mass is 10.1. The maximum absolute atomic E-state index is 12.4. The molecule has 10 heteroatoms. The van der Waals surface area contributed by atoms with Gasteiger partial charge >= 0.3 is 0 Å². The first-order valence-electron chi connectivity index (χ1n) is 9.39. The Kier molecular flexibility index (Phi) is 6.74. The molecule has 1 unspecified atom stereocenters. The largest absolute Gasteiger partial charge is 0.374 e. The number of aromatic nitrogens is 3. The number of nitrogens with zero attached hydrogens (tertiary/aromatic N) is 4. The van der Waals surface area contributed by atoms with Crippen molar-refractivity contribution < 1.29 is 18.8 Å². The molecule has 1 aliphatic heterocycles. The van der Waals surface area contributed by atoms with E-state index in [9.17, 15) is 9.59 Å².